The standard InChI is InChI=1S/C54H36N2O2/c1-4-16-37(17-5-1)48-36-42(56(40-20-8-3-9-21-40)50-27-15-25-47-45-23-11-13-29-52(45)58-54(47)50)34-35-43(48)38-30-32-41(33-31-38)55(39-18-6-2-7-19-39)49-26-14-24-46-44-22-10-12-28-51(44)57-53(46)49/h1-36H. The number of hydrogen-bond acceptors (Lipinski definition) is 4. The lowest BCUT2D eigenvalue weighted by Crippen LogP contribution is -2.10. The van der Waals surface area contributed by atoms with Crippen LogP contribution in [0.4, 0.5) is 34.1 Å². The number of hydrogen-bond donors (Lipinski definition) is 0. The number of rotatable bonds is 8. The van der Waals surface area contributed by atoms with Crippen molar-refractivity contribution in [2.45, 2.75) is 0 Å². The maximum atomic E-state index is 6.60. The van der Waals surface area contributed by atoms with Gasteiger partial charge in [0.2, 0.25) is 0 Å². The summed E-state index contributed by atoms with van der Waals surface area (Å²) in [4.78, 5) is 4.59. The van der Waals surface area contributed by atoms with Crippen molar-refractivity contribution in [2.75, 3.05) is 9.80 Å². The minimum Gasteiger partial charge on any atom is -0.454 e. The summed E-state index contributed by atoms with van der Waals surface area (Å²) in [6.07, 6.45) is 0. The molecule has 4 nitrogen and oxygen atoms in total. The van der Waals surface area contributed by atoms with Crippen LogP contribution in [0.3, 0.4) is 0 Å². The summed E-state index contributed by atoms with van der Waals surface area (Å²) < 4.78 is 13.1. The number of furan rings is 2. The highest BCUT2D eigenvalue weighted by Crippen LogP contribution is 2.46. The van der Waals surface area contributed by atoms with Gasteiger partial charge in [-0.15, -0.1) is 0 Å². The molecule has 0 radical (unpaired) electrons. The molecule has 11 rings (SSSR count). The summed E-state index contributed by atoms with van der Waals surface area (Å²) >= 11 is 0. The third kappa shape index (κ3) is 5.70. The van der Waals surface area contributed by atoms with Crippen molar-refractivity contribution in [3.05, 3.63) is 218 Å². The van der Waals surface area contributed by atoms with Crippen LogP contribution >= 0.6 is 0 Å². The normalized spacial score (nSPS) is 11.4. The second-order valence-electron chi connectivity index (χ2n) is 14.5. The second kappa shape index (κ2) is 14.0. The van der Waals surface area contributed by atoms with Crippen molar-refractivity contribution in [2.24, 2.45) is 0 Å². The van der Waals surface area contributed by atoms with Gasteiger partial charge in [0.1, 0.15) is 11.2 Å². The van der Waals surface area contributed by atoms with E-state index in [1.807, 2.05) is 24.3 Å². The Labute approximate surface area is 336 Å². The van der Waals surface area contributed by atoms with Gasteiger partial charge in [0.05, 0.1) is 11.4 Å². The van der Waals surface area contributed by atoms with Gasteiger partial charge in [-0.1, -0.05) is 146 Å². The van der Waals surface area contributed by atoms with Crippen LogP contribution < -0.4 is 9.80 Å². The van der Waals surface area contributed by atoms with Crippen molar-refractivity contribution < 1.29 is 8.83 Å². The van der Waals surface area contributed by atoms with E-state index in [1.54, 1.807) is 0 Å². The van der Waals surface area contributed by atoms with E-state index < -0.39 is 0 Å². The number of nitrogens with zero attached hydrogens (tertiary/aromatic N) is 2. The van der Waals surface area contributed by atoms with Gasteiger partial charge in [-0.05, 0) is 95.1 Å². The summed E-state index contributed by atoms with van der Waals surface area (Å²) in [7, 11) is 0. The molecule has 0 aliphatic rings. The third-order valence-electron chi connectivity index (χ3n) is 11.1. The van der Waals surface area contributed by atoms with E-state index in [0.29, 0.717) is 0 Å². The molecule has 0 saturated carbocycles. The molecule has 0 aliphatic heterocycles. The first-order chi connectivity index (χ1) is 28.8. The van der Waals surface area contributed by atoms with Crippen molar-refractivity contribution in [1.82, 2.24) is 0 Å². The smallest absolute Gasteiger partial charge is 0.159 e. The molecule has 0 saturated heterocycles. The van der Waals surface area contributed by atoms with Crippen LogP contribution in [-0.2, 0) is 0 Å². The lowest BCUT2D eigenvalue weighted by atomic mass is 9.93. The van der Waals surface area contributed by atoms with Crippen molar-refractivity contribution in [3.8, 4) is 22.3 Å². The van der Waals surface area contributed by atoms with E-state index in [1.165, 1.54) is 0 Å². The Hall–Kier alpha value is -7.82. The molecular weight excluding hydrogens is 709 g/mol. The molecule has 0 fully saturated rings. The van der Waals surface area contributed by atoms with Crippen molar-refractivity contribution in [1.29, 1.82) is 0 Å². The minimum absolute atomic E-state index is 0.856. The van der Waals surface area contributed by atoms with Gasteiger partial charge in [-0.2, -0.15) is 0 Å². The van der Waals surface area contributed by atoms with E-state index in [2.05, 4.69) is 204 Å². The SMILES string of the molecule is c1ccc(-c2cc(N(c3ccccc3)c3cccc4c3oc3ccccc34)ccc2-c2ccc(N(c3ccccc3)c3cccc4c3oc3ccccc34)cc2)cc1. The zero-order valence-electron chi connectivity index (χ0n) is 31.5. The fourth-order valence-corrected chi connectivity index (χ4v) is 8.40. The maximum absolute atomic E-state index is 6.60. The molecule has 0 aliphatic carbocycles. The summed E-state index contributed by atoms with van der Waals surface area (Å²) in [6.45, 7) is 0. The molecule has 0 N–H and O–H groups in total. The van der Waals surface area contributed by atoms with Crippen LogP contribution in [0.25, 0.3) is 66.1 Å². The highest BCUT2D eigenvalue weighted by molar-refractivity contribution is 6.11. The Morgan fingerprint density at radius 2 is 0.690 bits per heavy atom. The molecule has 0 spiro atoms. The van der Waals surface area contributed by atoms with E-state index in [0.717, 1.165) is 100 Å². The lowest BCUT2D eigenvalue weighted by Gasteiger charge is -2.27. The zero-order valence-corrected chi connectivity index (χ0v) is 31.5. The topological polar surface area (TPSA) is 32.8 Å². The largest absolute Gasteiger partial charge is 0.454 e. The van der Waals surface area contributed by atoms with Crippen LogP contribution in [0, 0.1) is 0 Å². The Morgan fingerprint density at radius 3 is 1.24 bits per heavy atom. The maximum Gasteiger partial charge on any atom is 0.159 e. The Morgan fingerprint density at radius 1 is 0.276 bits per heavy atom. The number of fused-ring (bicyclic) bond motifs is 6. The van der Waals surface area contributed by atoms with Crippen LogP contribution in [0.5, 0.6) is 0 Å². The molecule has 11 aromatic rings. The van der Waals surface area contributed by atoms with Crippen LogP contribution in [0.2, 0.25) is 0 Å². The van der Waals surface area contributed by atoms with Crippen LogP contribution in [0.15, 0.2) is 227 Å². The molecule has 9 aromatic carbocycles. The fourth-order valence-electron chi connectivity index (χ4n) is 8.40. The van der Waals surface area contributed by atoms with Gasteiger partial charge in [0.15, 0.2) is 11.2 Å². The Balaban J connectivity index is 1.05. The average molecular weight is 745 g/mol. The number of para-hydroxylation sites is 6. The van der Waals surface area contributed by atoms with Gasteiger partial charge in [0, 0.05) is 44.3 Å². The minimum atomic E-state index is 0.856. The molecule has 0 atom stereocenters. The van der Waals surface area contributed by atoms with E-state index in [9.17, 15) is 0 Å². The monoisotopic (exact) mass is 744 g/mol. The van der Waals surface area contributed by atoms with E-state index in [4.69, 9.17) is 8.83 Å². The van der Waals surface area contributed by atoms with E-state index >= 15 is 0 Å². The lowest BCUT2D eigenvalue weighted by molar-refractivity contribution is 0.668. The number of anilines is 6. The molecule has 0 unspecified atom stereocenters. The molecule has 0 bridgehead atoms. The molecule has 2 heterocycles. The second-order valence-corrected chi connectivity index (χ2v) is 14.5. The van der Waals surface area contributed by atoms with Gasteiger partial charge >= 0.3 is 0 Å². The third-order valence-corrected chi connectivity index (χ3v) is 11.1. The first kappa shape index (κ1) is 33.5. The van der Waals surface area contributed by atoms with E-state index in [-0.39, 0.29) is 0 Å². The summed E-state index contributed by atoms with van der Waals surface area (Å²) in [6, 6.07) is 76.7. The molecule has 2 aromatic heterocycles. The number of benzene rings is 9. The van der Waals surface area contributed by atoms with Gasteiger partial charge in [-0.3, -0.25) is 0 Å². The molecule has 274 valence electrons. The highest BCUT2D eigenvalue weighted by atomic mass is 16.3. The summed E-state index contributed by atoms with van der Waals surface area (Å²) in [5.41, 5.74) is 14.2. The first-order valence-corrected chi connectivity index (χ1v) is 19.6. The molecule has 0 amide bonds. The fraction of sp³-hybridized carbons (Fsp3) is 0. The zero-order chi connectivity index (χ0) is 38.4. The average Bonchev–Trinajstić information content (AvgIpc) is 3.88. The van der Waals surface area contributed by atoms with Crippen LogP contribution in [0.1, 0.15) is 0 Å². The van der Waals surface area contributed by atoms with Gasteiger partial charge in [-0.25, -0.2) is 0 Å². The van der Waals surface area contributed by atoms with Crippen LogP contribution in [-0.4, -0.2) is 0 Å². The highest BCUT2D eigenvalue weighted by Gasteiger charge is 2.22. The molecular formula is C54H36N2O2. The quantitative estimate of drug-likeness (QED) is 0.155. The first-order valence-electron chi connectivity index (χ1n) is 19.6. The summed E-state index contributed by atoms with van der Waals surface area (Å²) in [5.74, 6) is 0. The predicted molar refractivity (Wildman–Crippen MR) is 241 cm³/mol. The van der Waals surface area contributed by atoms with Crippen molar-refractivity contribution >= 4 is 78.0 Å². The van der Waals surface area contributed by atoms with Gasteiger partial charge in [0.25, 0.3) is 0 Å². The molecule has 58 heavy (non-hydrogen) atoms. The Kier molecular flexibility index (Phi) is 8.11. The van der Waals surface area contributed by atoms with Crippen molar-refractivity contribution in [3.63, 3.8) is 0 Å². The predicted octanol–water partition coefficient (Wildman–Crippen LogP) is 15.8. The van der Waals surface area contributed by atoms with Gasteiger partial charge < -0.3 is 18.6 Å². The summed E-state index contributed by atoms with van der Waals surface area (Å²) in [5, 5.41) is 4.41. The molecule has 4 heteroatoms. The Bertz CT molecular complexity index is 3220.